The Morgan fingerprint density at radius 3 is 2.47 bits per heavy atom. The van der Waals surface area contributed by atoms with Crippen LogP contribution in [0.25, 0.3) is 0 Å². The fourth-order valence-corrected chi connectivity index (χ4v) is 3.83. The summed E-state index contributed by atoms with van der Waals surface area (Å²) >= 11 is 6.02. The first kappa shape index (κ1) is 22.1. The maximum Gasteiger partial charge on any atom is 0.336 e. The molecule has 1 aliphatic heterocycles. The summed E-state index contributed by atoms with van der Waals surface area (Å²) in [6.07, 6.45) is 0.836. The Morgan fingerprint density at radius 2 is 1.80 bits per heavy atom. The van der Waals surface area contributed by atoms with Crippen molar-refractivity contribution in [1.82, 2.24) is 4.90 Å². The molecule has 0 fully saturated rings. The maximum absolute atomic E-state index is 13.1. The molecule has 0 spiro atoms. The second-order valence-electron chi connectivity index (χ2n) is 7.22. The molecule has 158 valence electrons. The number of nitrogens with zero attached hydrogens (tertiary/aromatic N) is 1. The molecule has 1 unspecified atom stereocenters. The largest absolute Gasteiger partial charge is 0.462 e. The van der Waals surface area contributed by atoms with Gasteiger partial charge in [-0.05, 0) is 30.2 Å². The van der Waals surface area contributed by atoms with E-state index in [1.54, 1.807) is 31.1 Å². The molecule has 30 heavy (non-hydrogen) atoms. The molecule has 0 N–H and O–H groups in total. The second kappa shape index (κ2) is 10.4. The molecule has 6 heteroatoms. The van der Waals surface area contributed by atoms with E-state index in [1.165, 1.54) is 0 Å². The minimum Gasteiger partial charge on any atom is -0.462 e. The van der Waals surface area contributed by atoms with Crippen molar-refractivity contribution in [2.75, 3.05) is 26.9 Å². The molecule has 0 saturated carbocycles. The van der Waals surface area contributed by atoms with Gasteiger partial charge in [0.05, 0.1) is 18.8 Å². The third-order valence-corrected chi connectivity index (χ3v) is 5.55. The molecular weight excluding hydrogens is 402 g/mol. The lowest BCUT2D eigenvalue weighted by atomic mass is 9.83. The Kier molecular flexibility index (Phi) is 7.66. The van der Waals surface area contributed by atoms with E-state index in [9.17, 15) is 9.59 Å². The van der Waals surface area contributed by atoms with Crippen molar-refractivity contribution in [3.8, 4) is 0 Å². The normalized spacial score (nSPS) is 16.7. The number of methoxy groups -OCH3 is 1. The van der Waals surface area contributed by atoms with Gasteiger partial charge in [-0.2, -0.15) is 0 Å². The number of esters is 1. The minimum atomic E-state index is -0.390. The summed E-state index contributed by atoms with van der Waals surface area (Å²) in [6, 6.07) is 17.1. The van der Waals surface area contributed by atoms with Gasteiger partial charge >= 0.3 is 5.97 Å². The summed E-state index contributed by atoms with van der Waals surface area (Å²) in [5, 5.41) is 0.607. The molecule has 1 amide bonds. The van der Waals surface area contributed by atoms with Crippen molar-refractivity contribution in [3.63, 3.8) is 0 Å². The van der Waals surface area contributed by atoms with Crippen molar-refractivity contribution >= 4 is 23.5 Å². The Bertz CT molecular complexity index is 909. The third-order valence-electron chi connectivity index (χ3n) is 5.30. The van der Waals surface area contributed by atoms with Crippen molar-refractivity contribution in [2.45, 2.75) is 25.7 Å². The van der Waals surface area contributed by atoms with Gasteiger partial charge in [-0.15, -0.1) is 0 Å². The van der Waals surface area contributed by atoms with Crippen LogP contribution < -0.4 is 0 Å². The van der Waals surface area contributed by atoms with Gasteiger partial charge < -0.3 is 14.4 Å². The van der Waals surface area contributed by atoms with Crippen LogP contribution in [0.1, 0.15) is 30.4 Å². The summed E-state index contributed by atoms with van der Waals surface area (Å²) in [6.45, 7) is 2.86. The third kappa shape index (κ3) is 5.29. The molecule has 1 atom stereocenters. The van der Waals surface area contributed by atoms with E-state index in [0.29, 0.717) is 35.9 Å². The quantitative estimate of drug-likeness (QED) is 0.587. The molecule has 2 aromatic rings. The van der Waals surface area contributed by atoms with Crippen molar-refractivity contribution < 1.29 is 19.1 Å². The molecular formula is C24H26ClNO4. The number of ether oxygens (including phenoxy) is 2. The van der Waals surface area contributed by atoms with Crippen molar-refractivity contribution in [3.05, 3.63) is 82.0 Å². The summed E-state index contributed by atoms with van der Waals surface area (Å²) in [7, 11) is 1.59. The first-order valence-corrected chi connectivity index (χ1v) is 10.4. The molecule has 0 saturated heterocycles. The van der Waals surface area contributed by atoms with Crippen LogP contribution in [0.3, 0.4) is 0 Å². The molecule has 2 aromatic carbocycles. The number of benzene rings is 2. The monoisotopic (exact) mass is 427 g/mol. The van der Waals surface area contributed by atoms with Gasteiger partial charge in [0, 0.05) is 43.1 Å². The average Bonchev–Trinajstić information content (AvgIpc) is 2.74. The van der Waals surface area contributed by atoms with Gasteiger partial charge in [-0.25, -0.2) is 4.79 Å². The molecule has 1 heterocycles. The van der Waals surface area contributed by atoms with E-state index >= 15 is 0 Å². The van der Waals surface area contributed by atoms with E-state index in [4.69, 9.17) is 21.1 Å². The fraction of sp³-hybridized carbons (Fsp3) is 0.333. The van der Waals surface area contributed by atoms with Crippen LogP contribution in [-0.4, -0.2) is 43.6 Å². The topological polar surface area (TPSA) is 55.8 Å². The molecule has 0 bridgehead atoms. The predicted molar refractivity (Wildman–Crippen MR) is 116 cm³/mol. The number of halogens is 1. The van der Waals surface area contributed by atoms with Crippen LogP contribution in [0.5, 0.6) is 0 Å². The SMILES string of the molecule is COCCN1C(=O)CC(c2ccc(Cl)cc2)C(C(=O)OCCc2ccccc2)=C1C. The maximum atomic E-state index is 13.1. The standard InChI is InChI=1S/C24H26ClNO4/c1-17-23(24(28)30-14-12-18-6-4-3-5-7-18)21(19-8-10-20(25)11-9-19)16-22(27)26(17)13-15-29-2/h3-11,21H,12-16H2,1-2H3. The smallest absolute Gasteiger partial charge is 0.336 e. The summed E-state index contributed by atoms with van der Waals surface area (Å²) in [5.41, 5.74) is 3.10. The second-order valence-corrected chi connectivity index (χ2v) is 7.65. The Morgan fingerprint density at radius 1 is 1.10 bits per heavy atom. The van der Waals surface area contributed by atoms with Crippen LogP contribution in [0, 0.1) is 0 Å². The average molecular weight is 428 g/mol. The van der Waals surface area contributed by atoms with Crippen LogP contribution in [0.2, 0.25) is 5.02 Å². The van der Waals surface area contributed by atoms with Gasteiger partial charge in [0.15, 0.2) is 0 Å². The van der Waals surface area contributed by atoms with Gasteiger partial charge in [0.25, 0.3) is 0 Å². The first-order valence-electron chi connectivity index (χ1n) is 9.98. The number of rotatable bonds is 8. The number of carbonyl (C=O) groups is 2. The van der Waals surface area contributed by atoms with E-state index in [0.717, 1.165) is 11.1 Å². The minimum absolute atomic E-state index is 0.0367. The molecule has 0 aliphatic carbocycles. The summed E-state index contributed by atoms with van der Waals surface area (Å²) in [5.74, 6) is -0.790. The highest BCUT2D eigenvalue weighted by atomic mass is 35.5. The highest BCUT2D eigenvalue weighted by Crippen LogP contribution is 2.37. The zero-order valence-electron chi connectivity index (χ0n) is 17.3. The Balaban J connectivity index is 1.84. The number of hydrogen-bond acceptors (Lipinski definition) is 4. The van der Waals surface area contributed by atoms with Gasteiger partial charge in [0.1, 0.15) is 0 Å². The van der Waals surface area contributed by atoms with Crippen molar-refractivity contribution in [1.29, 1.82) is 0 Å². The first-order chi connectivity index (χ1) is 14.5. The molecule has 0 aromatic heterocycles. The summed E-state index contributed by atoms with van der Waals surface area (Å²) in [4.78, 5) is 27.5. The fourth-order valence-electron chi connectivity index (χ4n) is 3.70. The zero-order chi connectivity index (χ0) is 21.5. The number of amides is 1. The van der Waals surface area contributed by atoms with Gasteiger partial charge in [0.2, 0.25) is 5.91 Å². The van der Waals surface area contributed by atoms with Crippen LogP contribution in [0.15, 0.2) is 65.9 Å². The lowest BCUT2D eigenvalue weighted by molar-refractivity contribution is -0.140. The van der Waals surface area contributed by atoms with E-state index < -0.39 is 5.97 Å². The van der Waals surface area contributed by atoms with Gasteiger partial charge in [-0.1, -0.05) is 54.1 Å². The van der Waals surface area contributed by atoms with E-state index in [1.807, 2.05) is 42.5 Å². The lowest BCUT2D eigenvalue weighted by Crippen LogP contribution is -2.40. The molecule has 1 aliphatic rings. The Labute approximate surface area is 182 Å². The zero-order valence-corrected chi connectivity index (χ0v) is 18.0. The highest BCUT2D eigenvalue weighted by Gasteiger charge is 2.36. The number of carbonyl (C=O) groups excluding carboxylic acids is 2. The number of hydrogen-bond donors (Lipinski definition) is 0. The molecule has 5 nitrogen and oxygen atoms in total. The van der Waals surface area contributed by atoms with Crippen LogP contribution in [0.4, 0.5) is 0 Å². The highest BCUT2D eigenvalue weighted by molar-refractivity contribution is 6.30. The van der Waals surface area contributed by atoms with E-state index in [2.05, 4.69) is 0 Å². The Hall–Kier alpha value is -2.63. The van der Waals surface area contributed by atoms with Gasteiger partial charge in [-0.3, -0.25) is 4.79 Å². The van der Waals surface area contributed by atoms with Crippen molar-refractivity contribution in [2.24, 2.45) is 0 Å². The summed E-state index contributed by atoms with van der Waals surface area (Å²) < 4.78 is 10.8. The lowest BCUT2D eigenvalue weighted by Gasteiger charge is -2.34. The van der Waals surface area contributed by atoms with E-state index in [-0.39, 0.29) is 24.9 Å². The van der Waals surface area contributed by atoms with Crippen LogP contribution in [-0.2, 0) is 25.5 Å². The number of allylic oxidation sites excluding steroid dienone is 1. The molecule has 3 rings (SSSR count). The predicted octanol–water partition coefficient (Wildman–Crippen LogP) is 4.36. The van der Waals surface area contributed by atoms with Crippen LogP contribution >= 0.6 is 11.6 Å². The molecule has 0 radical (unpaired) electrons.